The van der Waals surface area contributed by atoms with Crippen LogP contribution in [0.3, 0.4) is 0 Å². The molecule has 1 aliphatic heterocycles. The first-order valence-electron chi connectivity index (χ1n) is 5.73. The number of ketones is 1. The van der Waals surface area contributed by atoms with E-state index in [1.54, 1.807) is 0 Å². The summed E-state index contributed by atoms with van der Waals surface area (Å²) in [5.74, 6) is 1.23. The van der Waals surface area contributed by atoms with E-state index >= 15 is 0 Å². The first kappa shape index (κ1) is 12.1. The number of hydrogen-bond donors (Lipinski definition) is 0. The van der Waals surface area contributed by atoms with Gasteiger partial charge >= 0.3 is 0 Å². The number of rotatable bonds is 3. The number of aromatic nitrogens is 2. The molecule has 0 fully saturated rings. The summed E-state index contributed by atoms with van der Waals surface area (Å²) in [6.45, 7) is 3.05. The van der Waals surface area contributed by atoms with Crippen LogP contribution in [0.25, 0.3) is 0 Å². The summed E-state index contributed by atoms with van der Waals surface area (Å²) in [5, 5.41) is 0. The van der Waals surface area contributed by atoms with Gasteiger partial charge in [0.1, 0.15) is 5.82 Å². The Hall–Kier alpha value is -0.980. The number of halogens is 1. The van der Waals surface area contributed by atoms with Crippen LogP contribution in [0.1, 0.15) is 15.5 Å². The van der Waals surface area contributed by atoms with E-state index < -0.39 is 0 Å². The number of Topliss-reactive ketones (excluding diaryl/α,β-unsaturated/α-hetero) is 1. The molecule has 0 radical (unpaired) electrons. The molecule has 0 amide bonds. The lowest BCUT2D eigenvalue weighted by molar-refractivity contribution is 0.0912. The molecule has 0 unspecified atom stereocenters. The van der Waals surface area contributed by atoms with Crippen LogP contribution < -0.4 is 0 Å². The minimum absolute atomic E-state index is 0.186. The summed E-state index contributed by atoms with van der Waals surface area (Å²) in [6.07, 6.45) is 3.81. The average Bonchev–Trinajstić information content (AvgIpc) is 2.96. The maximum absolute atomic E-state index is 12.1. The molecule has 3 rings (SSSR count). The second-order valence-corrected chi connectivity index (χ2v) is 6.74. The van der Waals surface area contributed by atoms with Crippen LogP contribution in [0.15, 0.2) is 28.3 Å². The number of fused-ring (bicyclic) bond motifs is 1. The molecule has 18 heavy (non-hydrogen) atoms. The van der Waals surface area contributed by atoms with Crippen LogP contribution in [0.4, 0.5) is 0 Å². The van der Waals surface area contributed by atoms with E-state index in [2.05, 4.69) is 30.4 Å². The van der Waals surface area contributed by atoms with E-state index in [1.165, 1.54) is 11.3 Å². The monoisotopic (exact) mass is 325 g/mol. The highest BCUT2D eigenvalue weighted by atomic mass is 79.9. The van der Waals surface area contributed by atoms with Gasteiger partial charge < -0.3 is 4.57 Å². The molecule has 0 saturated heterocycles. The van der Waals surface area contributed by atoms with Crippen molar-refractivity contribution in [2.45, 2.75) is 13.1 Å². The van der Waals surface area contributed by atoms with Crippen LogP contribution in [-0.4, -0.2) is 33.3 Å². The molecule has 1 aliphatic rings. The minimum Gasteiger partial charge on any atom is -0.333 e. The van der Waals surface area contributed by atoms with E-state index in [-0.39, 0.29) is 5.78 Å². The Morgan fingerprint density at radius 1 is 1.44 bits per heavy atom. The van der Waals surface area contributed by atoms with Gasteiger partial charge in [0.25, 0.3) is 0 Å². The fraction of sp³-hybridized carbons (Fsp3) is 0.333. The molecule has 2 aromatic heterocycles. The standard InChI is InChI=1S/C12H12BrN3OS/c13-11-2-1-10(18-11)9(17)7-15-5-6-16-4-3-14-12(16)8-15/h1-4H,5-8H2. The van der Waals surface area contributed by atoms with Crippen LogP contribution in [0, 0.1) is 0 Å². The smallest absolute Gasteiger partial charge is 0.186 e. The van der Waals surface area contributed by atoms with E-state index in [1.807, 2.05) is 24.5 Å². The van der Waals surface area contributed by atoms with Crippen molar-refractivity contribution in [3.8, 4) is 0 Å². The van der Waals surface area contributed by atoms with Crippen molar-refractivity contribution < 1.29 is 4.79 Å². The predicted octanol–water partition coefficient (Wildman–Crippen LogP) is 2.41. The van der Waals surface area contributed by atoms with Crippen molar-refractivity contribution in [3.05, 3.63) is 39.0 Å². The molecule has 3 heterocycles. The van der Waals surface area contributed by atoms with Crippen molar-refractivity contribution >= 4 is 33.0 Å². The summed E-state index contributed by atoms with van der Waals surface area (Å²) in [4.78, 5) is 19.4. The fourth-order valence-electron chi connectivity index (χ4n) is 2.10. The van der Waals surface area contributed by atoms with Gasteiger partial charge in [-0.05, 0) is 28.1 Å². The SMILES string of the molecule is O=C(CN1CCn2ccnc2C1)c1ccc(Br)s1. The zero-order valence-electron chi connectivity index (χ0n) is 9.67. The Morgan fingerprint density at radius 2 is 2.33 bits per heavy atom. The first-order valence-corrected chi connectivity index (χ1v) is 7.34. The summed E-state index contributed by atoms with van der Waals surface area (Å²) < 4.78 is 3.14. The van der Waals surface area contributed by atoms with Crippen molar-refractivity contribution in [2.75, 3.05) is 13.1 Å². The molecule has 2 aromatic rings. The second kappa shape index (κ2) is 4.95. The number of nitrogens with zero attached hydrogens (tertiary/aromatic N) is 3. The molecule has 0 N–H and O–H groups in total. The lowest BCUT2D eigenvalue weighted by Gasteiger charge is -2.26. The number of carbonyl (C=O) groups excluding carboxylic acids is 1. The molecule has 0 spiro atoms. The van der Waals surface area contributed by atoms with E-state index in [4.69, 9.17) is 0 Å². The molecule has 0 bridgehead atoms. The number of thiophene rings is 1. The summed E-state index contributed by atoms with van der Waals surface area (Å²) >= 11 is 4.87. The molecule has 6 heteroatoms. The third kappa shape index (κ3) is 2.41. The van der Waals surface area contributed by atoms with Gasteiger partial charge in [0, 0.05) is 25.5 Å². The van der Waals surface area contributed by atoms with Crippen molar-refractivity contribution in [3.63, 3.8) is 0 Å². The highest BCUT2D eigenvalue weighted by Gasteiger charge is 2.20. The van der Waals surface area contributed by atoms with Crippen molar-refractivity contribution in [1.82, 2.24) is 14.5 Å². The molecule has 0 atom stereocenters. The van der Waals surface area contributed by atoms with E-state index in [9.17, 15) is 4.79 Å². The van der Waals surface area contributed by atoms with E-state index in [0.717, 1.165) is 34.1 Å². The average molecular weight is 326 g/mol. The summed E-state index contributed by atoms with van der Waals surface area (Å²) in [5.41, 5.74) is 0. The lowest BCUT2D eigenvalue weighted by atomic mass is 10.2. The number of carbonyl (C=O) groups is 1. The quantitative estimate of drug-likeness (QED) is 0.813. The van der Waals surface area contributed by atoms with Gasteiger partial charge in [-0.3, -0.25) is 9.69 Å². The van der Waals surface area contributed by atoms with Crippen LogP contribution in [-0.2, 0) is 13.1 Å². The molecule has 4 nitrogen and oxygen atoms in total. The summed E-state index contributed by atoms with van der Waals surface area (Å²) in [6, 6.07) is 3.79. The van der Waals surface area contributed by atoms with Gasteiger partial charge in [0.15, 0.2) is 5.78 Å². The van der Waals surface area contributed by atoms with Crippen molar-refractivity contribution in [1.29, 1.82) is 0 Å². The van der Waals surface area contributed by atoms with Gasteiger partial charge in [-0.2, -0.15) is 0 Å². The first-order chi connectivity index (χ1) is 8.72. The van der Waals surface area contributed by atoms with Gasteiger partial charge in [-0.25, -0.2) is 4.98 Å². The Bertz CT molecular complexity index is 577. The maximum atomic E-state index is 12.1. The second-order valence-electron chi connectivity index (χ2n) is 4.27. The normalized spacial score (nSPS) is 15.6. The highest BCUT2D eigenvalue weighted by Crippen LogP contribution is 2.23. The minimum atomic E-state index is 0.186. The van der Waals surface area contributed by atoms with Crippen LogP contribution in [0.2, 0.25) is 0 Å². The van der Waals surface area contributed by atoms with Gasteiger partial charge in [-0.1, -0.05) is 0 Å². The third-order valence-corrected chi connectivity index (χ3v) is 4.70. The van der Waals surface area contributed by atoms with Gasteiger partial charge in [0.2, 0.25) is 0 Å². The number of imidazole rings is 1. The highest BCUT2D eigenvalue weighted by molar-refractivity contribution is 9.11. The lowest BCUT2D eigenvalue weighted by Crippen LogP contribution is -2.37. The molecule has 0 saturated carbocycles. The zero-order chi connectivity index (χ0) is 12.5. The molecule has 0 aliphatic carbocycles. The van der Waals surface area contributed by atoms with Crippen LogP contribution >= 0.6 is 27.3 Å². The van der Waals surface area contributed by atoms with Gasteiger partial charge in [-0.15, -0.1) is 11.3 Å². The fourth-order valence-corrected chi connectivity index (χ4v) is 3.42. The molecule has 94 valence electrons. The zero-order valence-corrected chi connectivity index (χ0v) is 12.1. The van der Waals surface area contributed by atoms with Gasteiger partial charge in [0.05, 0.1) is 21.8 Å². The van der Waals surface area contributed by atoms with E-state index in [0.29, 0.717) is 6.54 Å². The molecule has 0 aromatic carbocycles. The molecular formula is C12H12BrN3OS. The Labute approximate surface area is 117 Å². The number of hydrogen-bond acceptors (Lipinski definition) is 4. The Kier molecular flexibility index (Phi) is 3.32. The third-order valence-electron chi connectivity index (χ3n) is 3.04. The largest absolute Gasteiger partial charge is 0.333 e. The van der Waals surface area contributed by atoms with Crippen molar-refractivity contribution in [2.24, 2.45) is 0 Å². The topological polar surface area (TPSA) is 38.1 Å². The Morgan fingerprint density at radius 3 is 3.11 bits per heavy atom. The Balaban J connectivity index is 1.66. The summed E-state index contributed by atoms with van der Waals surface area (Å²) in [7, 11) is 0. The molecular weight excluding hydrogens is 314 g/mol. The maximum Gasteiger partial charge on any atom is 0.186 e. The predicted molar refractivity (Wildman–Crippen MR) is 73.9 cm³/mol. The van der Waals surface area contributed by atoms with Crippen LogP contribution in [0.5, 0.6) is 0 Å².